The van der Waals surface area contributed by atoms with E-state index in [1.54, 1.807) is 11.1 Å². The Kier molecular flexibility index (Phi) is 5.39. The summed E-state index contributed by atoms with van der Waals surface area (Å²) in [6, 6.07) is 0.374. The quantitative estimate of drug-likeness (QED) is 0.749. The number of hydrogen-bond donors (Lipinski definition) is 2. The first-order valence-corrected chi connectivity index (χ1v) is 7.73. The summed E-state index contributed by atoms with van der Waals surface area (Å²) in [5.41, 5.74) is 15.7. The third-order valence-electron chi connectivity index (χ3n) is 4.71. The van der Waals surface area contributed by atoms with E-state index >= 15 is 0 Å². The van der Waals surface area contributed by atoms with Crippen LogP contribution in [0.1, 0.15) is 39.0 Å². The molecule has 1 fully saturated rings. The molecule has 110 valence electrons. The molecule has 19 heavy (non-hydrogen) atoms. The molecule has 2 rings (SSSR count). The Balaban J connectivity index is 1.92. The molecule has 4 N–H and O–H groups in total. The maximum Gasteiger partial charge on any atom is 0.0610 e. The normalized spacial score (nSPS) is 28.7. The van der Waals surface area contributed by atoms with Gasteiger partial charge < -0.3 is 16.4 Å². The first-order chi connectivity index (χ1) is 9.10. The van der Waals surface area contributed by atoms with Gasteiger partial charge in [0, 0.05) is 32.2 Å². The largest absolute Gasteiger partial charge is 0.327 e. The van der Waals surface area contributed by atoms with Crippen LogP contribution in [-0.2, 0) is 0 Å². The van der Waals surface area contributed by atoms with Crippen molar-refractivity contribution in [2.45, 2.75) is 51.2 Å². The Morgan fingerprint density at radius 3 is 2.53 bits per heavy atom. The van der Waals surface area contributed by atoms with Crippen molar-refractivity contribution in [3.8, 4) is 0 Å². The summed E-state index contributed by atoms with van der Waals surface area (Å²) in [5, 5.41) is 0. The van der Waals surface area contributed by atoms with Crippen LogP contribution in [0.15, 0.2) is 11.1 Å². The molecule has 0 bridgehead atoms. The molecule has 0 spiro atoms. The van der Waals surface area contributed by atoms with Crippen molar-refractivity contribution < 1.29 is 0 Å². The number of rotatable bonds is 4. The van der Waals surface area contributed by atoms with Crippen LogP contribution in [-0.4, -0.2) is 55.2 Å². The van der Waals surface area contributed by atoms with Gasteiger partial charge in [-0.3, -0.25) is 4.90 Å². The Morgan fingerprint density at radius 1 is 1.21 bits per heavy atom. The van der Waals surface area contributed by atoms with Crippen molar-refractivity contribution in [2.24, 2.45) is 11.5 Å². The summed E-state index contributed by atoms with van der Waals surface area (Å²) in [6.45, 7) is 6.73. The van der Waals surface area contributed by atoms with E-state index in [2.05, 4.69) is 23.8 Å². The first-order valence-electron chi connectivity index (χ1n) is 7.73. The zero-order valence-corrected chi connectivity index (χ0v) is 12.6. The molecule has 4 nitrogen and oxygen atoms in total. The smallest absolute Gasteiger partial charge is 0.0610 e. The van der Waals surface area contributed by atoms with Crippen LogP contribution in [0.25, 0.3) is 0 Å². The minimum atomic E-state index is 0.194. The predicted octanol–water partition coefficient (Wildman–Crippen LogP) is 1.13. The zero-order chi connectivity index (χ0) is 13.8. The van der Waals surface area contributed by atoms with Crippen molar-refractivity contribution in [3.05, 3.63) is 11.1 Å². The highest BCUT2D eigenvalue weighted by Gasteiger charge is 2.23. The van der Waals surface area contributed by atoms with Gasteiger partial charge in [-0.1, -0.05) is 18.1 Å². The summed E-state index contributed by atoms with van der Waals surface area (Å²) < 4.78 is 0. The van der Waals surface area contributed by atoms with E-state index in [0.29, 0.717) is 6.04 Å². The number of piperazine rings is 1. The van der Waals surface area contributed by atoms with E-state index in [1.165, 1.54) is 0 Å². The van der Waals surface area contributed by atoms with Crippen molar-refractivity contribution >= 4 is 0 Å². The fourth-order valence-corrected chi connectivity index (χ4v) is 3.28. The van der Waals surface area contributed by atoms with E-state index in [-0.39, 0.29) is 6.17 Å². The van der Waals surface area contributed by atoms with Crippen LogP contribution < -0.4 is 11.5 Å². The van der Waals surface area contributed by atoms with Crippen LogP contribution >= 0.6 is 0 Å². The summed E-state index contributed by atoms with van der Waals surface area (Å²) in [4.78, 5) is 4.81. The van der Waals surface area contributed by atoms with Crippen molar-refractivity contribution in [2.75, 3.05) is 33.2 Å². The van der Waals surface area contributed by atoms with Gasteiger partial charge in [0.1, 0.15) is 0 Å². The average Bonchev–Trinajstić information content (AvgIpc) is 2.41. The van der Waals surface area contributed by atoms with Crippen LogP contribution in [0.4, 0.5) is 0 Å². The topological polar surface area (TPSA) is 58.5 Å². The first kappa shape index (κ1) is 15.0. The van der Waals surface area contributed by atoms with Gasteiger partial charge in [0.05, 0.1) is 6.17 Å². The van der Waals surface area contributed by atoms with Gasteiger partial charge in [0.25, 0.3) is 0 Å². The number of hydrogen-bond acceptors (Lipinski definition) is 4. The predicted molar refractivity (Wildman–Crippen MR) is 80.8 cm³/mol. The van der Waals surface area contributed by atoms with Crippen molar-refractivity contribution in [1.29, 1.82) is 0 Å². The average molecular weight is 266 g/mol. The van der Waals surface area contributed by atoms with Gasteiger partial charge in [-0.2, -0.15) is 0 Å². The molecular weight excluding hydrogens is 236 g/mol. The molecule has 0 aromatic carbocycles. The fourth-order valence-electron chi connectivity index (χ4n) is 3.28. The van der Waals surface area contributed by atoms with Gasteiger partial charge >= 0.3 is 0 Å². The van der Waals surface area contributed by atoms with E-state index in [1.807, 2.05) is 0 Å². The Morgan fingerprint density at radius 2 is 1.89 bits per heavy atom. The fraction of sp³-hybridized carbons (Fsp3) is 0.867. The molecule has 2 aliphatic rings. The number of likely N-dealkylation sites (N-methyl/N-ethyl adjacent to an activating group) is 1. The molecule has 4 heteroatoms. The third kappa shape index (κ3) is 4.02. The molecule has 1 aliphatic heterocycles. The highest BCUT2D eigenvalue weighted by Crippen LogP contribution is 2.29. The monoisotopic (exact) mass is 266 g/mol. The minimum absolute atomic E-state index is 0.194. The SMILES string of the molecule is CCC1=C(CC(N)N2CCN(C)CC2)CCC(N)C1. The number of nitrogens with two attached hydrogens (primary N) is 2. The molecule has 0 amide bonds. The Hall–Kier alpha value is -0.420. The minimum Gasteiger partial charge on any atom is -0.327 e. The van der Waals surface area contributed by atoms with E-state index in [0.717, 1.165) is 58.3 Å². The molecular formula is C15H30N4. The lowest BCUT2D eigenvalue weighted by Gasteiger charge is -2.37. The van der Waals surface area contributed by atoms with Crippen LogP contribution in [0.5, 0.6) is 0 Å². The van der Waals surface area contributed by atoms with Crippen molar-refractivity contribution in [1.82, 2.24) is 9.80 Å². The van der Waals surface area contributed by atoms with Gasteiger partial charge in [-0.15, -0.1) is 0 Å². The molecule has 0 aromatic heterocycles. The molecule has 2 unspecified atom stereocenters. The van der Waals surface area contributed by atoms with E-state index < -0.39 is 0 Å². The zero-order valence-electron chi connectivity index (χ0n) is 12.6. The van der Waals surface area contributed by atoms with E-state index in [4.69, 9.17) is 11.5 Å². The summed E-state index contributed by atoms with van der Waals surface area (Å²) >= 11 is 0. The second-order valence-electron chi connectivity index (χ2n) is 6.17. The van der Waals surface area contributed by atoms with Crippen LogP contribution in [0.3, 0.4) is 0 Å². The van der Waals surface area contributed by atoms with E-state index in [9.17, 15) is 0 Å². The molecule has 0 radical (unpaired) electrons. The van der Waals surface area contributed by atoms with Gasteiger partial charge in [0.2, 0.25) is 0 Å². The van der Waals surface area contributed by atoms with Crippen LogP contribution in [0.2, 0.25) is 0 Å². The molecule has 1 aliphatic carbocycles. The highest BCUT2D eigenvalue weighted by atomic mass is 15.3. The molecule has 1 saturated heterocycles. The molecule has 2 atom stereocenters. The van der Waals surface area contributed by atoms with Gasteiger partial charge in [-0.25, -0.2) is 0 Å². The molecule has 0 saturated carbocycles. The summed E-state index contributed by atoms with van der Waals surface area (Å²) in [7, 11) is 2.18. The van der Waals surface area contributed by atoms with Crippen LogP contribution in [0, 0.1) is 0 Å². The summed E-state index contributed by atoms with van der Waals surface area (Å²) in [5.74, 6) is 0. The maximum atomic E-state index is 6.42. The second-order valence-corrected chi connectivity index (χ2v) is 6.17. The highest BCUT2D eigenvalue weighted by molar-refractivity contribution is 5.19. The number of nitrogens with zero attached hydrogens (tertiary/aromatic N) is 2. The Bertz CT molecular complexity index is 318. The molecule has 1 heterocycles. The summed E-state index contributed by atoms with van der Waals surface area (Å²) in [6.07, 6.45) is 5.75. The maximum absolute atomic E-state index is 6.42. The Labute approximate surface area is 117 Å². The lowest BCUT2D eigenvalue weighted by molar-refractivity contribution is 0.112. The lowest BCUT2D eigenvalue weighted by atomic mass is 9.85. The third-order valence-corrected chi connectivity index (χ3v) is 4.71. The standard InChI is InChI=1S/C15H30N4/c1-3-12-10-14(16)5-4-13(12)11-15(17)19-8-6-18(2)7-9-19/h14-15H,3-11,16-17H2,1-2H3. The van der Waals surface area contributed by atoms with Gasteiger partial charge in [0.15, 0.2) is 0 Å². The lowest BCUT2D eigenvalue weighted by Crippen LogP contribution is -2.52. The van der Waals surface area contributed by atoms with Crippen molar-refractivity contribution in [3.63, 3.8) is 0 Å². The van der Waals surface area contributed by atoms with Gasteiger partial charge in [-0.05, 0) is 39.2 Å². The second kappa shape index (κ2) is 6.84. The molecule has 0 aromatic rings.